The molecule has 0 saturated heterocycles. The van der Waals surface area contributed by atoms with Crippen molar-refractivity contribution in [3.05, 3.63) is 53.0 Å². The second-order valence-electron chi connectivity index (χ2n) is 3.98. The Bertz CT molecular complexity index is 630. The van der Waals surface area contributed by atoms with E-state index in [4.69, 9.17) is 4.52 Å². The first-order valence-electron chi connectivity index (χ1n) is 5.61. The number of aromatic hydroxyl groups is 1. The molecule has 19 heavy (non-hydrogen) atoms. The standard InChI is InChI=1S/C14H9BrN2O2/c15-11-5-1-9(2-6-11)13-16-14(19-17-13)10-3-7-12(18)8-4-10/h1-8,18H. The Morgan fingerprint density at radius 3 is 2.21 bits per heavy atom. The molecule has 0 aliphatic rings. The van der Waals surface area contributed by atoms with Crippen LogP contribution in [-0.4, -0.2) is 15.2 Å². The Kier molecular flexibility index (Phi) is 3.05. The van der Waals surface area contributed by atoms with Crippen LogP contribution in [0.2, 0.25) is 0 Å². The lowest BCUT2D eigenvalue weighted by atomic mass is 10.2. The van der Waals surface area contributed by atoms with E-state index in [1.165, 1.54) is 0 Å². The maximum Gasteiger partial charge on any atom is 0.258 e. The molecule has 1 heterocycles. The molecule has 3 aromatic rings. The van der Waals surface area contributed by atoms with Gasteiger partial charge in [-0.25, -0.2) is 0 Å². The van der Waals surface area contributed by atoms with Crippen molar-refractivity contribution in [3.8, 4) is 28.6 Å². The van der Waals surface area contributed by atoms with E-state index in [0.29, 0.717) is 11.7 Å². The molecule has 0 bridgehead atoms. The highest BCUT2D eigenvalue weighted by Crippen LogP contribution is 2.24. The van der Waals surface area contributed by atoms with Gasteiger partial charge in [0.1, 0.15) is 5.75 Å². The Balaban J connectivity index is 1.95. The molecule has 3 rings (SSSR count). The average Bonchev–Trinajstić information content (AvgIpc) is 2.90. The number of halogens is 1. The molecule has 1 N–H and O–H groups in total. The van der Waals surface area contributed by atoms with E-state index >= 15 is 0 Å². The summed E-state index contributed by atoms with van der Waals surface area (Å²) in [6, 6.07) is 14.3. The molecular formula is C14H9BrN2O2. The Morgan fingerprint density at radius 1 is 0.895 bits per heavy atom. The molecule has 4 nitrogen and oxygen atoms in total. The number of phenolic OH excluding ortho intramolecular Hbond substituents is 1. The number of phenols is 1. The van der Waals surface area contributed by atoms with Crippen molar-refractivity contribution in [1.82, 2.24) is 10.1 Å². The van der Waals surface area contributed by atoms with Gasteiger partial charge in [-0.1, -0.05) is 21.1 Å². The summed E-state index contributed by atoms with van der Waals surface area (Å²) in [5, 5.41) is 13.2. The number of rotatable bonds is 2. The summed E-state index contributed by atoms with van der Waals surface area (Å²) in [6.45, 7) is 0. The topological polar surface area (TPSA) is 59.2 Å². The molecule has 0 unspecified atom stereocenters. The van der Waals surface area contributed by atoms with Crippen molar-refractivity contribution in [2.45, 2.75) is 0 Å². The molecule has 0 fully saturated rings. The Labute approximate surface area is 117 Å². The van der Waals surface area contributed by atoms with Crippen LogP contribution in [0.4, 0.5) is 0 Å². The van der Waals surface area contributed by atoms with Crippen molar-refractivity contribution in [2.75, 3.05) is 0 Å². The van der Waals surface area contributed by atoms with Crippen LogP contribution in [-0.2, 0) is 0 Å². The molecule has 0 spiro atoms. The molecule has 94 valence electrons. The first-order chi connectivity index (χ1) is 9.22. The fourth-order valence-electron chi connectivity index (χ4n) is 1.66. The van der Waals surface area contributed by atoms with Gasteiger partial charge in [0.15, 0.2) is 0 Å². The van der Waals surface area contributed by atoms with Crippen molar-refractivity contribution >= 4 is 15.9 Å². The first-order valence-corrected chi connectivity index (χ1v) is 6.41. The number of hydrogen-bond acceptors (Lipinski definition) is 4. The zero-order chi connectivity index (χ0) is 13.2. The smallest absolute Gasteiger partial charge is 0.258 e. The summed E-state index contributed by atoms with van der Waals surface area (Å²) < 4.78 is 6.22. The van der Waals surface area contributed by atoms with Gasteiger partial charge in [-0.2, -0.15) is 4.98 Å². The zero-order valence-corrected chi connectivity index (χ0v) is 11.3. The normalized spacial score (nSPS) is 10.6. The third-order valence-corrected chi connectivity index (χ3v) is 3.17. The minimum Gasteiger partial charge on any atom is -0.508 e. The van der Waals surface area contributed by atoms with E-state index in [1.54, 1.807) is 24.3 Å². The largest absolute Gasteiger partial charge is 0.508 e. The van der Waals surface area contributed by atoms with Crippen LogP contribution in [0, 0.1) is 0 Å². The molecule has 0 atom stereocenters. The lowest BCUT2D eigenvalue weighted by molar-refractivity contribution is 0.432. The van der Waals surface area contributed by atoms with Crippen LogP contribution < -0.4 is 0 Å². The summed E-state index contributed by atoms with van der Waals surface area (Å²) in [7, 11) is 0. The van der Waals surface area contributed by atoms with Crippen LogP contribution in [0.5, 0.6) is 5.75 Å². The average molecular weight is 317 g/mol. The first kappa shape index (κ1) is 11.9. The summed E-state index contributed by atoms with van der Waals surface area (Å²) in [6.07, 6.45) is 0. The van der Waals surface area contributed by atoms with E-state index in [2.05, 4.69) is 26.1 Å². The monoisotopic (exact) mass is 316 g/mol. The highest BCUT2D eigenvalue weighted by molar-refractivity contribution is 9.10. The predicted molar refractivity (Wildman–Crippen MR) is 74.5 cm³/mol. The van der Waals surface area contributed by atoms with Crippen molar-refractivity contribution in [2.24, 2.45) is 0 Å². The van der Waals surface area contributed by atoms with Gasteiger partial charge in [0, 0.05) is 15.6 Å². The summed E-state index contributed by atoms with van der Waals surface area (Å²) in [5.74, 6) is 1.17. The summed E-state index contributed by atoms with van der Waals surface area (Å²) in [4.78, 5) is 4.34. The number of nitrogens with zero attached hydrogens (tertiary/aromatic N) is 2. The molecule has 1 aromatic heterocycles. The van der Waals surface area contributed by atoms with Crippen LogP contribution in [0.1, 0.15) is 0 Å². The van der Waals surface area contributed by atoms with E-state index < -0.39 is 0 Å². The molecule has 0 saturated carbocycles. The van der Waals surface area contributed by atoms with Crippen molar-refractivity contribution in [3.63, 3.8) is 0 Å². The van der Waals surface area contributed by atoms with Gasteiger partial charge in [0.2, 0.25) is 5.82 Å². The molecular weight excluding hydrogens is 308 g/mol. The van der Waals surface area contributed by atoms with Gasteiger partial charge in [0.25, 0.3) is 5.89 Å². The lowest BCUT2D eigenvalue weighted by Crippen LogP contribution is -1.80. The van der Waals surface area contributed by atoms with Gasteiger partial charge in [0.05, 0.1) is 0 Å². The Morgan fingerprint density at radius 2 is 1.53 bits per heavy atom. The second kappa shape index (κ2) is 4.85. The SMILES string of the molecule is Oc1ccc(-c2nc(-c3ccc(Br)cc3)no2)cc1. The van der Waals surface area contributed by atoms with Gasteiger partial charge < -0.3 is 9.63 Å². The fourth-order valence-corrected chi connectivity index (χ4v) is 1.93. The van der Waals surface area contributed by atoms with Gasteiger partial charge in [-0.15, -0.1) is 0 Å². The van der Waals surface area contributed by atoms with Crippen molar-refractivity contribution in [1.29, 1.82) is 0 Å². The third kappa shape index (κ3) is 2.51. The summed E-state index contributed by atoms with van der Waals surface area (Å²) in [5.41, 5.74) is 1.66. The number of benzene rings is 2. The van der Waals surface area contributed by atoms with Gasteiger partial charge in [-0.3, -0.25) is 0 Å². The third-order valence-electron chi connectivity index (χ3n) is 2.64. The maximum atomic E-state index is 9.24. The lowest BCUT2D eigenvalue weighted by Gasteiger charge is -1.94. The van der Waals surface area contributed by atoms with Crippen LogP contribution in [0.25, 0.3) is 22.8 Å². The van der Waals surface area contributed by atoms with Crippen LogP contribution >= 0.6 is 15.9 Å². The number of aromatic nitrogens is 2. The zero-order valence-electron chi connectivity index (χ0n) is 9.75. The molecule has 5 heteroatoms. The molecule has 2 aromatic carbocycles. The van der Waals surface area contributed by atoms with E-state index in [-0.39, 0.29) is 5.75 Å². The minimum atomic E-state index is 0.205. The molecule has 0 aliphatic carbocycles. The van der Waals surface area contributed by atoms with Crippen LogP contribution in [0.3, 0.4) is 0 Å². The molecule has 0 aliphatic heterocycles. The van der Waals surface area contributed by atoms with Crippen molar-refractivity contribution < 1.29 is 9.63 Å². The quantitative estimate of drug-likeness (QED) is 0.779. The minimum absolute atomic E-state index is 0.205. The molecule has 0 amide bonds. The van der Waals surface area contributed by atoms with Gasteiger partial charge in [-0.05, 0) is 48.5 Å². The summed E-state index contributed by atoms with van der Waals surface area (Å²) >= 11 is 3.38. The number of hydrogen-bond donors (Lipinski definition) is 1. The predicted octanol–water partition coefficient (Wildman–Crippen LogP) is 3.87. The van der Waals surface area contributed by atoms with E-state index in [9.17, 15) is 5.11 Å². The van der Waals surface area contributed by atoms with Crippen LogP contribution in [0.15, 0.2) is 57.5 Å². The maximum absolute atomic E-state index is 9.24. The van der Waals surface area contributed by atoms with Gasteiger partial charge >= 0.3 is 0 Å². The van der Waals surface area contributed by atoms with E-state index in [0.717, 1.165) is 15.6 Å². The van der Waals surface area contributed by atoms with E-state index in [1.807, 2.05) is 24.3 Å². The highest BCUT2D eigenvalue weighted by atomic mass is 79.9. The Hall–Kier alpha value is -2.14. The highest BCUT2D eigenvalue weighted by Gasteiger charge is 2.10. The molecule has 0 radical (unpaired) electrons. The fraction of sp³-hybridized carbons (Fsp3) is 0. The second-order valence-corrected chi connectivity index (χ2v) is 4.89.